The van der Waals surface area contributed by atoms with E-state index >= 15 is 0 Å². The Labute approximate surface area is 126 Å². The van der Waals surface area contributed by atoms with E-state index < -0.39 is 0 Å². The number of rotatable bonds is 5. The molecule has 0 saturated heterocycles. The molecule has 1 N–H and O–H groups in total. The standard InChI is InChI=1S/C18H36N2/c1-5-15-9-11-16(12-10-15)17(19-2)18(20(3)4)13-7-6-8-14-18/h15-17,19H,5-14H2,1-4H3. The lowest BCUT2D eigenvalue weighted by atomic mass is 9.66. The van der Waals surface area contributed by atoms with Crippen LogP contribution in [0.2, 0.25) is 0 Å². The van der Waals surface area contributed by atoms with Crippen molar-refractivity contribution >= 4 is 0 Å². The fourth-order valence-electron chi connectivity index (χ4n) is 5.07. The summed E-state index contributed by atoms with van der Waals surface area (Å²) in [5.41, 5.74) is 0.413. The van der Waals surface area contributed by atoms with Crippen molar-refractivity contribution in [2.75, 3.05) is 21.1 Å². The normalized spacial score (nSPS) is 32.2. The van der Waals surface area contributed by atoms with E-state index in [4.69, 9.17) is 0 Å². The summed E-state index contributed by atoms with van der Waals surface area (Å²) in [7, 11) is 6.83. The maximum absolute atomic E-state index is 3.75. The minimum absolute atomic E-state index is 0.413. The van der Waals surface area contributed by atoms with Gasteiger partial charge in [0.2, 0.25) is 0 Å². The first-order valence-corrected chi connectivity index (χ1v) is 8.98. The van der Waals surface area contributed by atoms with Crippen LogP contribution in [-0.2, 0) is 0 Å². The molecule has 0 heterocycles. The number of hydrogen-bond donors (Lipinski definition) is 1. The van der Waals surface area contributed by atoms with Crippen LogP contribution in [0.25, 0.3) is 0 Å². The molecule has 0 radical (unpaired) electrons. The molecule has 2 nitrogen and oxygen atoms in total. The molecule has 2 saturated carbocycles. The van der Waals surface area contributed by atoms with Crippen LogP contribution in [-0.4, -0.2) is 37.6 Å². The quantitative estimate of drug-likeness (QED) is 0.817. The highest BCUT2D eigenvalue weighted by Gasteiger charge is 2.44. The van der Waals surface area contributed by atoms with Gasteiger partial charge in [-0.25, -0.2) is 0 Å². The first-order valence-electron chi connectivity index (χ1n) is 8.98. The second-order valence-electron chi connectivity index (χ2n) is 7.51. The smallest absolute Gasteiger partial charge is 0.0359 e. The molecule has 2 rings (SSSR count). The van der Waals surface area contributed by atoms with Crippen LogP contribution in [0.5, 0.6) is 0 Å². The van der Waals surface area contributed by atoms with E-state index in [1.54, 1.807) is 0 Å². The Kier molecular flexibility index (Phi) is 5.92. The Morgan fingerprint density at radius 1 is 1.05 bits per heavy atom. The van der Waals surface area contributed by atoms with Crippen molar-refractivity contribution in [3.8, 4) is 0 Å². The number of hydrogen-bond acceptors (Lipinski definition) is 2. The van der Waals surface area contributed by atoms with Gasteiger partial charge in [-0.2, -0.15) is 0 Å². The molecule has 1 unspecified atom stereocenters. The van der Waals surface area contributed by atoms with E-state index in [1.807, 2.05) is 0 Å². The van der Waals surface area contributed by atoms with Gasteiger partial charge < -0.3 is 10.2 Å². The first-order chi connectivity index (χ1) is 9.64. The van der Waals surface area contributed by atoms with Crippen LogP contribution in [0.1, 0.15) is 71.1 Å². The number of nitrogens with zero attached hydrogens (tertiary/aromatic N) is 1. The van der Waals surface area contributed by atoms with Crippen LogP contribution in [0.15, 0.2) is 0 Å². The molecule has 0 amide bonds. The molecule has 2 fully saturated rings. The zero-order valence-electron chi connectivity index (χ0n) is 14.3. The second-order valence-corrected chi connectivity index (χ2v) is 7.51. The lowest BCUT2D eigenvalue weighted by Gasteiger charge is -2.52. The molecule has 0 aliphatic heterocycles. The van der Waals surface area contributed by atoms with Crippen molar-refractivity contribution in [1.29, 1.82) is 0 Å². The summed E-state index contributed by atoms with van der Waals surface area (Å²) in [6, 6.07) is 0.690. The third kappa shape index (κ3) is 3.22. The van der Waals surface area contributed by atoms with Gasteiger partial charge in [-0.1, -0.05) is 45.4 Å². The van der Waals surface area contributed by atoms with Gasteiger partial charge >= 0.3 is 0 Å². The summed E-state index contributed by atoms with van der Waals surface area (Å²) in [5, 5.41) is 3.75. The average Bonchev–Trinajstić information content (AvgIpc) is 2.49. The van der Waals surface area contributed by atoms with E-state index in [1.165, 1.54) is 64.2 Å². The molecule has 2 heteroatoms. The van der Waals surface area contributed by atoms with Gasteiger partial charge in [-0.15, -0.1) is 0 Å². The lowest BCUT2D eigenvalue weighted by molar-refractivity contribution is 0.0230. The molecule has 20 heavy (non-hydrogen) atoms. The van der Waals surface area contributed by atoms with Crippen LogP contribution in [0.3, 0.4) is 0 Å². The van der Waals surface area contributed by atoms with Crippen LogP contribution in [0, 0.1) is 11.8 Å². The van der Waals surface area contributed by atoms with Crippen molar-refractivity contribution in [1.82, 2.24) is 10.2 Å². The van der Waals surface area contributed by atoms with Gasteiger partial charge in [0.05, 0.1) is 0 Å². The molecular weight excluding hydrogens is 244 g/mol. The predicted octanol–water partition coefficient (Wildman–Crippen LogP) is 4.06. The summed E-state index contributed by atoms with van der Waals surface area (Å²) in [4.78, 5) is 2.55. The molecule has 2 aliphatic carbocycles. The summed E-state index contributed by atoms with van der Waals surface area (Å²) in [6.45, 7) is 2.36. The lowest BCUT2D eigenvalue weighted by Crippen LogP contribution is -2.62. The highest BCUT2D eigenvalue weighted by atomic mass is 15.2. The second kappa shape index (κ2) is 7.26. The van der Waals surface area contributed by atoms with E-state index in [2.05, 4.69) is 38.3 Å². The zero-order chi connectivity index (χ0) is 14.6. The highest BCUT2D eigenvalue weighted by Crippen LogP contribution is 2.42. The molecule has 2 aliphatic rings. The number of likely N-dealkylation sites (N-methyl/N-ethyl adjacent to an activating group) is 2. The Balaban J connectivity index is 2.09. The van der Waals surface area contributed by atoms with Crippen molar-refractivity contribution in [3.63, 3.8) is 0 Å². The van der Waals surface area contributed by atoms with E-state index in [0.29, 0.717) is 11.6 Å². The fourth-order valence-corrected chi connectivity index (χ4v) is 5.07. The molecule has 0 bridgehead atoms. The van der Waals surface area contributed by atoms with Gasteiger partial charge in [0.25, 0.3) is 0 Å². The monoisotopic (exact) mass is 280 g/mol. The minimum Gasteiger partial charge on any atom is -0.315 e. The van der Waals surface area contributed by atoms with Gasteiger partial charge in [0.15, 0.2) is 0 Å². The largest absolute Gasteiger partial charge is 0.315 e. The SMILES string of the molecule is CCC1CCC(C(NC)C2(N(C)C)CCCCC2)CC1. The molecule has 118 valence electrons. The van der Waals surface area contributed by atoms with Gasteiger partial charge in [-0.05, 0) is 58.7 Å². The van der Waals surface area contributed by atoms with Crippen molar-refractivity contribution in [2.45, 2.75) is 82.7 Å². The third-order valence-electron chi connectivity index (χ3n) is 6.44. The molecule has 0 spiro atoms. The summed E-state index contributed by atoms with van der Waals surface area (Å²) < 4.78 is 0. The van der Waals surface area contributed by atoms with Gasteiger partial charge in [0, 0.05) is 11.6 Å². The third-order valence-corrected chi connectivity index (χ3v) is 6.44. The summed E-state index contributed by atoms with van der Waals surface area (Å²) in [5.74, 6) is 1.90. The topological polar surface area (TPSA) is 15.3 Å². The Bertz CT molecular complexity index is 273. The molecule has 0 aromatic carbocycles. The van der Waals surface area contributed by atoms with Crippen LogP contribution < -0.4 is 5.32 Å². The number of nitrogens with one attached hydrogen (secondary N) is 1. The Hall–Kier alpha value is -0.0800. The van der Waals surface area contributed by atoms with Crippen LogP contribution >= 0.6 is 0 Å². The maximum atomic E-state index is 3.75. The molecule has 0 aromatic rings. The molecule has 0 aromatic heterocycles. The average molecular weight is 280 g/mol. The zero-order valence-corrected chi connectivity index (χ0v) is 14.3. The van der Waals surface area contributed by atoms with Crippen molar-refractivity contribution in [2.24, 2.45) is 11.8 Å². The maximum Gasteiger partial charge on any atom is 0.0359 e. The fraction of sp³-hybridized carbons (Fsp3) is 1.00. The van der Waals surface area contributed by atoms with E-state index in [9.17, 15) is 0 Å². The highest BCUT2D eigenvalue weighted by molar-refractivity contribution is 5.03. The van der Waals surface area contributed by atoms with Gasteiger partial charge in [0.1, 0.15) is 0 Å². The predicted molar refractivity (Wildman–Crippen MR) is 88.1 cm³/mol. The Morgan fingerprint density at radius 3 is 2.10 bits per heavy atom. The first kappa shape index (κ1) is 16.3. The van der Waals surface area contributed by atoms with E-state index in [-0.39, 0.29) is 0 Å². The summed E-state index contributed by atoms with van der Waals surface area (Å²) >= 11 is 0. The minimum atomic E-state index is 0.413. The molecule has 1 atom stereocenters. The van der Waals surface area contributed by atoms with Crippen LogP contribution in [0.4, 0.5) is 0 Å². The van der Waals surface area contributed by atoms with Gasteiger partial charge in [-0.3, -0.25) is 0 Å². The van der Waals surface area contributed by atoms with Crippen molar-refractivity contribution in [3.05, 3.63) is 0 Å². The Morgan fingerprint density at radius 2 is 1.65 bits per heavy atom. The molecular formula is C18H36N2. The van der Waals surface area contributed by atoms with Crippen molar-refractivity contribution < 1.29 is 0 Å². The summed E-state index contributed by atoms with van der Waals surface area (Å²) in [6.07, 6.45) is 14.2. The van der Waals surface area contributed by atoms with E-state index in [0.717, 1.165) is 11.8 Å².